The van der Waals surface area contributed by atoms with E-state index >= 15 is 0 Å². The number of carboxylic acid groups (broad SMARTS) is 1. The van der Waals surface area contributed by atoms with Crippen LogP contribution in [0.5, 0.6) is 0 Å². The van der Waals surface area contributed by atoms with Crippen LogP contribution in [0.25, 0.3) is 0 Å². The summed E-state index contributed by atoms with van der Waals surface area (Å²) in [6.45, 7) is 0. The highest BCUT2D eigenvalue weighted by Gasteiger charge is 2.45. The Hall–Kier alpha value is -1.96. The molecule has 1 atom stereocenters. The lowest BCUT2D eigenvalue weighted by molar-refractivity contribution is -0.212. The molecule has 0 spiro atoms. The summed E-state index contributed by atoms with van der Waals surface area (Å²) in [4.78, 5) is 22.2. The second kappa shape index (κ2) is 4.91. The van der Waals surface area contributed by atoms with E-state index in [1.807, 2.05) is 0 Å². The first-order valence-electron chi connectivity index (χ1n) is 4.57. The normalized spacial score (nSPS) is 14.1. The Bertz CT molecular complexity index is 418. The Balaban J connectivity index is 2.90. The maximum atomic E-state index is 11.5. The first kappa shape index (κ1) is 13.1. The van der Waals surface area contributed by atoms with Crippen LogP contribution in [0.4, 0.5) is 0 Å². The monoisotopic (exact) mass is 241 g/mol. The highest BCUT2D eigenvalue weighted by molar-refractivity contribution is 5.97. The summed E-state index contributed by atoms with van der Waals surface area (Å²) in [6, 6.07) is 7.46. The number of carbonyl (C=O) groups is 2. The van der Waals surface area contributed by atoms with E-state index in [4.69, 9.17) is 15.3 Å². The molecule has 0 saturated heterocycles. The summed E-state index contributed by atoms with van der Waals surface area (Å²) in [7, 11) is 0. The topological polar surface area (TPSA) is 127 Å². The van der Waals surface area contributed by atoms with Crippen molar-refractivity contribution in [2.75, 3.05) is 0 Å². The number of carboxylic acids is 1. The molecule has 1 rings (SSSR count). The average molecular weight is 241 g/mol. The molecule has 1 aromatic rings. The van der Waals surface area contributed by atoms with Crippen LogP contribution in [-0.4, -0.2) is 44.3 Å². The summed E-state index contributed by atoms with van der Waals surface area (Å²) >= 11 is 0. The van der Waals surface area contributed by atoms with E-state index in [-0.39, 0.29) is 5.56 Å². The molecule has 0 saturated carbocycles. The molecule has 1 aromatic carbocycles. The smallest absolute Gasteiger partial charge is 0.362 e. The molecule has 0 bridgehead atoms. The summed E-state index contributed by atoms with van der Waals surface area (Å²) in [5, 5.41) is 37.1. The molecule has 5 N–H and O–H groups in total. The van der Waals surface area contributed by atoms with Crippen LogP contribution in [0.3, 0.4) is 0 Å². The Morgan fingerprint density at radius 3 is 2.12 bits per heavy atom. The number of aliphatic hydroxyl groups is 3. The Labute approximate surface area is 95.9 Å². The van der Waals surface area contributed by atoms with Crippen LogP contribution in [0.1, 0.15) is 10.4 Å². The lowest BCUT2D eigenvalue weighted by Crippen LogP contribution is -2.62. The highest BCUT2D eigenvalue weighted by Crippen LogP contribution is 2.08. The number of nitrogens with one attached hydrogen (secondary N) is 1. The Morgan fingerprint density at radius 2 is 1.71 bits per heavy atom. The van der Waals surface area contributed by atoms with Gasteiger partial charge in [0.25, 0.3) is 11.6 Å². The van der Waals surface area contributed by atoms with Gasteiger partial charge in [0.05, 0.1) is 0 Å². The van der Waals surface area contributed by atoms with E-state index in [2.05, 4.69) is 0 Å². The van der Waals surface area contributed by atoms with Gasteiger partial charge in [-0.05, 0) is 12.1 Å². The Morgan fingerprint density at radius 1 is 1.18 bits per heavy atom. The second-order valence-corrected chi connectivity index (χ2v) is 3.27. The van der Waals surface area contributed by atoms with Gasteiger partial charge in [-0.2, -0.15) is 0 Å². The molecule has 0 aliphatic rings. The molecule has 1 unspecified atom stereocenters. The largest absolute Gasteiger partial charge is 0.478 e. The van der Waals surface area contributed by atoms with Gasteiger partial charge in [0.15, 0.2) is 0 Å². The van der Waals surface area contributed by atoms with Crippen LogP contribution in [0.15, 0.2) is 30.3 Å². The molecular formula is C10H11NO6. The maximum Gasteiger partial charge on any atom is 0.362 e. The number of aliphatic carboxylic acids is 1. The minimum atomic E-state index is -3.15. The average Bonchev–Trinajstić information content (AvgIpc) is 2.29. The van der Waals surface area contributed by atoms with Crippen molar-refractivity contribution in [1.82, 2.24) is 5.32 Å². The van der Waals surface area contributed by atoms with Crippen molar-refractivity contribution in [2.45, 2.75) is 12.0 Å². The van der Waals surface area contributed by atoms with Gasteiger partial charge in [0.2, 0.25) is 6.29 Å². The van der Waals surface area contributed by atoms with Crippen molar-refractivity contribution in [1.29, 1.82) is 0 Å². The molecule has 0 aliphatic carbocycles. The molecule has 0 aliphatic heterocycles. The van der Waals surface area contributed by atoms with E-state index in [0.29, 0.717) is 0 Å². The van der Waals surface area contributed by atoms with E-state index < -0.39 is 23.9 Å². The van der Waals surface area contributed by atoms with Crippen LogP contribution in [0, 0.1) is 0 Å². The van der Waals surface area contributed by atoms with E-state index in [1.54, 1.807) is 11.4 Å². The van der Waals surface area contributed by atoms with Crippen molar-refractivity contribution in [3.63, 3.8) is 0 Å². The quantitative estimate of drug-likeness (QED) is 0.408. The molecule has 7 nitrogen and oxygen atoms in total. The standard InChI is InChI=1S/C10H11NO6/c12-7(6-4-2-1-3-5-6)11-10(17,8(13)14)9(15)16/h1-5,8,13-14,17H,(H,11,12)(H,15,16). The predicted molar refractivity (Wildman–Crippen MR) is 54.7 cm³/mol. The molecule has 0 aromatic heterocycles. The third-order valence-corrected chi connectivity index (χ3v) is 2.04. The minimum absolute atomic E-state index is 0.0767. The van der Waals surface area contributed by atoms with Gasteiger partial charge in [0, 0.05) is 5.56 Å². The number of rotatable bonds is 4. The first-order valence-corrected chi connectivity index (χ1v) is 4.57. The number of benzene rings is 1. The second-order valence-electron chi connectivity index (χ2n) is 3.27. The number of amides is 1. The first-order chi connectivity index (χ1) is 7.88. The summed E-state index contributed by atoms with van der Waals surface area (Å²) in [5.41, 5.74) is -3.07. The van der Waals surface area contributed by atoms with E-state index in [1.165, 1.54) is 24.3 Å². The van der Waals surface area contributed by atoms with E-state index in [0.717, 1.165) is 0 Å². The lowest BCUT2D eigenvalue weighted by Gasteiger charge is -2.25. The van der Waals surface area contributed by atoms with Crippen molar-refractivity contribution in [3.05, 3.63) is 35.9 Å². The summed E-state index contributed by atoms with van der Waals surface area (Å²) < 4.78 is 0. The highest BCUT2D eigenvalue weighted by atomic mass is 16.5. The molecule has 92 valence electrons. The van der Waals surface area contributed by atoms with Gasteiger partial charge >= 0.3 is 5.97 Å². The van der Waals surface area contributed by atoms with Crippen LogP contribution in [-0.2, 0) is 4.79 Å². The summed E-state index contributed by atoms with van der Waals surface area (Å²) in [6.07, 6.45) is -2.65. The molecule has 17 heavy (non-hydrogen) atoms. The fraction of sp³-hybridized carbons (Fsp3) is 0.200. The van der Waals surface area contributed by atoms with E-state index in [9.17, 15) is 14.7 Å². The fourth-order valence-electron chi connectivity index (χ4n) is 1.06. The molecule has 7 heteroatoms. The molecular weight excluding hydrogens is 230 g/mol. The number of hydrogen-bond acceptors (Lipinski definition) is 5. The zero-order valence-corrected chi connectivity index (χ0v) is 8.57. The third kappa shape index (κ3) is 2.78. The van der Waals surface area contributed by atoms with Gasteiger partial charge in [0.1, 0.15) is 0 Å². The minimum Gasteiger partial charge on any atom is -0.478 e. The van der Waals surface area contributed by atoms with Crippen molar-refractivity contribution >= 4 is 11.9 Å². The maximum absolute atomic E-state index is 11.5. The zero-order valence-electron chi connectivity index (χ0n) is 8.57. The molecule has 0 radical (unpaired) electrons. The van der Waals surface area contributed by atoms with Crippen LogP contribution >= 0.6 is 0 Å². The van der Waals surface area contributed by atoms with Gasteiger partial charge in [-0.1, -0.05) is 18.2 Å². The number of hydrogen-bond donors (Lipinski definition) is 5. The third-order valence-electron chi connectivity index (χ3n) is 2.04. The molecule has 0 fully saturated rings. The summed E-state index contributed by atoms with van der Waals surface area (Å²) in [5.74, 6) is -2.92. The predicted octanol–water partition coefficient (Wildman–Crippen LogP) is -1.50. The number of carbonyl (C=O) groups excluding carboxylic acids is 1. The van der Waals surface area contributed by atoms with Crippen molar-refractivity contribution in [2.24, 2.45) is 0 Å². The van der Waals surface area contributed by atoms with Gasteiger partial charge in [-0.25, -0.2) is 4.79 Å². The fourth-order valence-corrected chi connectivity index (χ4v) is 1.06. The SMILES string of the molecule is O=C(NC(O)(C(=O)O)C(O)O)c1ccccc1. The lowest BCUT2D eigenvalue weighted by atomic mass is 10.1. The van der Waals surface area contributed by atoms with Gasteiger partial charge in [-0.3, -0.25) is 4.79 Å². The zero-order chi connectivity index (χ0) is 13.1. The molecule has 0 heterocycles. The van der Waals surface area contributed by atoms with Gasteiger partial charge in [-0.15, -0.1) is 0 Å². The molecule has 1 amide bonds. The van der Waals surface area contributed by atoms with Crippen LogP contribution in [0.2, 0.25) is 0 Å². The Kier molecular flexibility index (Phi) is 3.79. The van der Waals surface area contributed by atoms with Crippen molar-refractivity contribution < 1.29 is 30.0 Å². The van der Waals surface area contributed by atoms with Gasteiger partial charge < -0.3 is 25.7 Å². The number of aliphatic hydroxyl groups excluding tert-OH is 1. The van der Waals surface area contributed by atoms with Crippen LogP contribution < -0.4 is 5.32 Å². The van der Waals surface area contributed by atoms with Crippen molar-refractivity contribution in [3.8, 4) is 0 Å².